The molecule has 1 unspecified atom stereocenters. The van der Waals surface area contributed by atoms with Crippen molar-refractivity contribution in [3.8, 4) is 0 Å². The highest BCUT2D eigenvalue weighted by atomic mass is 35.5. The normalized spacial score (nSPS) is 16.8. The molecule has 1 aliphatic rings. The molecule has 1 saturated heterocycles. The summed E-state index contributed by atoms with van der Waals surface area (Å²) in [6, 6.07) is 11.8. The van der Waals surface area contributed by atoms with Gasteiger partial charge in [-0.3, -0.25) is 9.69 Å². The molecule has 196 valence electrons. The van der Waals surface area contributed by atoms with E-state index in [9.17, 15) is 13.2 Å². The number of thiazole rings is 1. The fourth-order valence-corrected chi connectivity index (χ4v) is 7.38. The number of sulfonamides is 1. The molecular weight excluding hydrogens is 539 g/mol. The molecule has 0 radical (unpaired) electrons. The second-order valence-electron chi connectivity index (χ2n) is 9.07. The van der Waals surface area contributed by atoms with Gasteiger partial charge in [0.15, 0.2) is 5.13 Å². The lowest BCUT2D eigenvalue weighted by Crippen LogP contribution is -2.43. The molecule has 0 bridgehead atoms. The Kier molecular flexibility index (Phi) is 9.76. The summed E-state index contributed by atoms with van der Waals surface area (Å²) in [6.07, 6.45) is 3.61. The number of carbonyl (C=O) groups excluding carboxylic acids is 1. The minimum Gasteiger partial charge on any atom is -0.308 e. The third-order valence-electron chi connectivity index (χ3n) is 6.34. The van der Waals surface area contributed by atoms with E-state index in [4.69, 9.17) is 11.6 Å². The van der Waals surface area contributed by atoms with Crippen molar-refractivity contribution >= 4 is 66.6 Å². The van der Waals surface area contributed by atoms with E-state index in [-0.39, 0.29) is 29.3 Å². The average molecular weight is 572 g/mol. The molecule has 1 atom stereocenters. The van der Waals surface area contributed by atoms with Crippen LogP contribution in [0.3, 0.4) is 0 Å². The number of nitrogens with zero attached hydrogens (tertiary/aromatic N) is 4. The largest absolute Gasteiger partial charge is 0.308 e. The van der Waals surface area contributed by atoms with E-state index in [2.05, 4.69) is 4.98 Å². The number of halogens is 2. The zero-order valence-electron chi connectivity index (χ0n) is 20.7. The fourth-order valence-electron chi connectivity index (χ4n) is 4.34. The number of hydrogen-bond donors (Lipinski definition) is 0. The Bertz CT molecular complexity index is 1300. The molecule has 1 aliphatic heterocycles. The number of amides is 1. The Hall–Kier alpha value is -1.75. The average Bonchev–Trinajstić information content (AvgIpc) is 3.26. The van der Waals surface area contributed by atoms with Crippen LogP contribution in [0.5, 0.6) is 0 Å². The molecule has 0 spiro atoms. The van der Waals surface area contributed by atoms with Crippen molar-refractivity contribution in [3.05, 3.63) is 53.1 Å². The van der Waals surface area contributed by atoms with Crippen LogP contribution in [-0.2, 0) is 10.0 Å². The lowest BCUT2D eigenvalue weighted by molar-refractivity contribution is 0.0985. The summed E-state index contributed by atoms with van der Waals surface area (Å²) >= 11 is 7.55. The Morgan fingerprint density at radius 3 is 2.53 bits per heavy atom. The highest BCUT2D eigenvalue weighted by Gasteiger charge is 2.32. The van der Waals surface area contributed by atoms with Crippen LogP contribution >= 0.6 is 35.3 Å². The second kappa shape index (κ2) is 12.2. The molecule has 1 amide bonds. The summed E-state index contributed by atoms with van der Waals surface area (Å²) in [5.41, 5.74) is 1.20. The molecule has 0 saturated carbocycles. The highest BCUT2D eigenvalue weighted by molar-refractivity contribution is 7.89. The van der Waals surface area contributed by atoms with Gasteiger partial charge in [0.2, 0.25) is 10.0 Å². The first-order valence-electron chi connectivity index (χ1n) is 11.9. The summed E-state index contributed by atoms with van der Waals surface area (Å²) in [4.78, 5) is 22.1. The van der Waals surface area contributed by atoms with Crippen LogP contribution in [0.25, 0.3) is 10.2 Å². The van der Waals surface area contributed by atoms with E-state index >= 15 is 0 Å². The number of rotatable bonds is 8. The standard InChI is InChI=1S/C25H31ClN4O3S2.ClH/c1-4-20-7-5-6-14-30(20)35(32,33)21-11-8-18(9-12-21)24(31)29(16-15-28(2)3)25-27-22-13-10-19(26)17-23(22)34-25;/h8-13,17,20H,4-7,14-16H2,1-3H3;1H. The van der Waals surface area contributed by atoms with Crippen LogP contribution in [0.15, 0.2) is 47.4 Å². The number of hydrogen-bond acceptors (Lipinski definition) is 6. The van der Waals surface area contributed by atoms with Gasteiger partial charge in [0.1, 0.15) is 0 Å². The quantitative estimate of drug-likeness (QED) is 0.356. The van der Waals surface area contributed by atoms with Crippen LogP contribution < -0.4 is 4.90 Å². The number of benzene rings is 2. The fraction of sp³-hybridized carbons (Fsp3) is 0.440. The van der Waals surface area contributed by atoms with Crippen molar-refractivity contribution in [2.75, 3.05) is 38.6 Å². The first-order chi connectivity index (χ1) is 16.7. The third kappa shape index (κ3) is 6.20. The minimum atomic E-state index is -3.60. The topological polar surface area (TPSA) is 73.8 Å². The van der Waals surface area contributed by atoms with Crippen LogP contribution in [-0.4, -0.2) is 68.3 Å². The number of aromatic nitrogens is 1. The van der Waals surface area contributed by atoms with Gasteiger partial charge in [-0.1, -0.05) is 36.3 Å². The SMILES string of the molecule is CCC1CCCCN1S(=O)(=O)c1ccc(C(=O)N(CCN(C)C)c2nc3ccc(Cl)cc3s2)cc1.Cl. The maximum atomic E-state index is 13.6. The zero-order chi connectivity index (χ0) is 25.2. The van der Waals surface area contributed by atoms with Crippen LogP contribution in [0.2, 0.25) is 5.02 Å². The van der Waals surface area contributed by atoms with E-state index in [1.807, 2.05) is 38.1 Å². The van der Waals surface area contributed by atoms with E-state index in [1.165, 1.54) is 11.3 Å². The van der Waals surface area contributed by atoms with Crippen molar-refractivity contribution in [3.63, 3.8) is 0 Å². The van der Waals surface area contributed by atoms with Crippen molar-refractivity contribution < 1.29 is 13.2 Å². The Balaban J connectivity index is 0.00000361. The summed E-state index contributed by atoms with van der Waals surface area (Å²) in [5, 5.41) is 1.21. The Labute approximate surface area is 228 Å². The number of carbonyl (C=O) groups is 1. The number of likely N-dealkylation sites (N-methyl/N-ethyl adjacent to an activating group) is 1. The van der Waals surface area contributed by atoms with Crippen LogP contribution in [0, 0.1) is 0 Å². The van der Waals surface area contributed by atoms with Gasteiger partial charge in [0.05, 0.1) is 15.1 Å². The van der Waals surface area contributed by atoms with Crippen molar-refractivity contribution in [1.82, 2.24) is 14.2 Å². The lowest BCUT2D eigenvalue weighted by Gasteiger charge is -2.34. The third-order valence-corrected chi connectivity index (χ3v) is 9.58. The summed E-state index contributed by atoms with van der Waals surface area (Å²) in [5.74, 6) is -0.217. The maximum absolute atomic E-state index is 13.6. The molecule has 11 heteroatoms. The van der Waals surface area contributed by atoms with Gasteiger partial charge in [-0.15, -0.1) is 12.4 Å². The molecule has 1 aromatic heterocycles. The molecule has 4 rings (SSSR count). The van der Waals surface area contributed by atoms with Gasteiger partial charge >= 0.3 is 0 Å². The van der Waals surface area contributed by atoms with Crippen LogP contribution in [0.4, 0.5) is 5.13 Å². The first kappa shape index (κ1) is 28.8. The molecule has 36 heavy (non-hydrogen) atoms. The first-order valence-corrected chi connectivity index (χ1v) is 14.5. The smallest absolute Gasteiger partial charge is 0.260 e. The van der Waals surface area contributed by atoms with E-state index in [1.54, 1.807) is 39.5 Å². The molecule has 2 heterocycles. The monoisotopic (exact) mass is 570 g/mol. The minimum absolute atomic E-state index is 0. The van der Waals surface area contributed by atoms with Crippen molar-refractivity contribution in [1.29, 1.82) is 0 Å². The lowest BCUT2D eigenvalue weighted by atomic mass is 10.0. The van der Waals surface area contributed by atoms with Gasteiger partial charge in [-0.25, -0.2) is 13.4 Å². The Morgan fingerprint density at radius 2 is 1.86 bits per heavy atom. The zero-order valence-corrected chi connectivity index (χ0v) is 23.9. The van der Waals surface area contributed by atoms with Crippen molar-refractivity contribution in [2.24, 2.45) is 0 Å². The van der Waals surface area contributed by atoms with E-state index in [0.29, 0.717) is 35.4 Å². The summed E-state index contributed by atoms with van der Waals surface area (Å²) < 4.78 is 29.1. The predicted molar refractivity (Wildman–Crippen MR) is 150 cm³/mol. The number of fused-ring (bicyclic) bond motifs is 1. The highest BCUT2D eigenvalue weighted by Crippen LogP contribution is 2.32. The summed E-state index contributed by atoms with van der Waals surface area (Å²) in [6.45, 7) is 3.67. The molecule has 0 N–H and O–H groups in total. The molecule has 3 aromatic rings. The summed E-state index contributed by atoms with van der Waals surface area (Å²) in [7, 11) is 0.296. The molecular formula is C25H32Cl2N4O3S2. The van der Waals surface area contributed by atoms with E-state index in [0.717, 1.165) is 35.9 Å². The molecule has 1 fully saturated rings. The van der Waals surface area contributed by atoms with Gasteiger partial charge in [0.25, 0.3) is 5.91 Å². The van der Waals surface area contributed by atoms with Gasteiger partial charge in [-0.2, -0.15) is 4.31 Å². The predicted octanol–water partition coefficient (Wildman–Crippen LogP) is 5.53. The van der Waals surface area contributed by atoms with Crippen molar-refractivity contribution in [2.45, 2.75) is 43.5 Å². The van der Waals surface area contributed by atoms with Gasteiger partial charge in [-0.05, 0) is 75.8 Å². The number of piperidine rings is 1. The number of anilines is 1. The van der Waals surface area contributed by atoms with E-state index < -0.39 is 10.0 Å². The van der Waals surface area contributed by atoms with Gasteiger partial charge < -0.3 is 4.90 Å². The molecule has 0 aliphatic carbocycles. The molecule has 2 aromatic carbocycles. The van der Waals surface area contributed by atoms with Gasteiger partial charge in [0, 0.05) is 36.3 Å². The second-order valence-corrected chi connectivity index (χ2v) is 12.4. The maximum Gasteiger partial charge on any atom is 0.260 e. The van der Waals surface area contributed by atoms with Crippen LogP contribution in [0.1, 0.15) is 43.0 Å². The molecule has 7 nitrogen and oxygen atoms in total. The Morgan fingerprint density at radius 1 is 1.14 bits per heavy atom.